The van der Waals surface area contributed by atoms with Crippen LogP contribution < -0.4 is 10.6 Å². The molecule has 0 saturated carbocycles. The van der Waals surface area contributed by atoms with Crippen LogP contribution in [0.5, 0.6) is 0 Å². The molecular formula is C10H17N5S. The fourth-order valence-electron chi connectivity index (χ4n) is 1.79. The highest BCUT2D eigenvalue weighted by molar-refractivity contribution is 7.99. The number of hydrogen-bond acceptors (Lipinski definition) is 6. The van der Waals surface area contributed by atoms with E-state index in [4.69, 9.17) is 5.73 Å². The first kappa shape index (κ1) is 11.4. The SMILES string of the molecule is CCSc1nc(N)nc(N2CCCCC2)n1. The molecule has 2 N–H and O–H groups in total. The number of nitrogens with zero attached hydrogens (tertiary/aromatic N) is 4. The van der Waals surface area contributed by atoms with Crippen LogP contribution in [0.3, 0.4) is 0 Å². The molecule has 5 nitrogen and oxygen atoms in total. The van der Waals surface area contributed by atoms with E-state index in [1.807, 2.05) is 0 Å². The fraction of sp³-hybridized carbons (Fsp3) is 0.700. The fourth-order valence-corrected chi connectivity index (χ4v) is 2.35. The number of piperidine rings is 1. The minimum Gasteiger partial charge on any atom is -0.368 e. The number of thioether (sulfide) groups is 1. The number of nitrogen functional groups attached to an aromatic ring is 1. The monoisotopic (exact) mass is 239 g/mol. The molecule has 1 aromatic rings. The first-order valence-electron chi connectivity index (χ1n) is 5.69. The average molecular weight is 239 g/mol. The van der Waals surface area contributed by atoms with Crippen molar-refractivity contribution in [1.82, 2.24) is 15.0 Å². The van der Waals surface area contributed by atoms with E-state index in [1.54, 1.807) is 11.8 Å². The summed E-state index contributed by atoms with van der Waals surface area (Å²) in [7, 11) is 0. The van der Waals surface area contributed by atoms with E-state index in [-0.39, 0.29) is 0 Å². The van der Waals surface area contributed by atoms with E-state index < -0.39 is 0 Å². The highest BCUT2D eigenvalue weighted by Gasteiger charge is 2.15. The van der Waals surface area contributed by atoms with Crippen molar-refractivity contribution in [2.75, 3.05) is 29.5 Å². The van der Waals surface area contributed by atoms with Gasteiger partial charge in [0.2, 0.25) is 11.9 Å². The summed E-state index contributed by atoms with van der Waals surface area (Å²) in [6.45, 7) is 4.13. The molecule has 1 aliphatic heterocycles. The molecule has 0 spiro atoms. The molecule has 0 atom stereocenters. The van der Waals surface area contributed by atoms with Crippen LogP contribution in [0, 0.1) is 0 Å². The summed E-state index contributed by atoms with van der Waals surface area (Å²) in [6.07, 6.45) is 3.72. The second kappa shape index (κ2) is 5.34. The predicted octanol–water partition coefficient (Wildman–Crippen LogP) is 1.56. The van der Waals surface area contributed by atoms with Gasteiger partial charge in [0.1, 0.15) is 0 Å². The second-order valence-corrected chi connectivity index (χ2v) is 4.99. The van der Waals surface area contributed by atoms with E-state index in [2.05, 4.69) is 26.8 Å². The Balaban J connectivity index is 2.18. The van der Waals surface area contributed by atoms with E-state index in [1.165, 1.54) is 19.3 Å². The van der Waals surface area contributed by atoms with Gasteiger partial charge < -0.3 is 10.6 Å². The standard InChI is InChI=1S/C10H17N5S/c1-2-16-10-13-8(11)12-9(14-10)15-6-4-3-5-7-15/h2-7H2,1H3,(H2,11,12,13,14). The van der Waals surface area contributed by atoms with Gasteiger partial charge in [-0.1, -0.05) is 18.7 Å². The number of rotatable bonds is 3. The molecule has 1 saturated heterocycles. The molecule has 16 heavy (non-hydrogen) atoms. The van der Waals surface area contributed by atoms with Gasteiger partial charge >= 0.3 is 0 Å². The maximum absolute atomic E-state index is 5.69. The highest BCUT2D eigenvalue weighted by atomic mass is 32.2. The Bertz CT molecular complexity index is 351. The molecular weight excluding hydrogens is 222 g/mol. The second-order valence-electron chi connectivity index (χ2n) is 3.76. The van der Waals surface area contributed by atoms with Gasteiger partial charge in [0, 0.05) is 13.1 Å². The molecule has 0 unspecified atom stereocenters. The molecule has 2 rings (SSSR count). The van der Waals surface area contributed by atoms with Crippen LogP contribution in [0.25, 0.3) is 0 Å². The van der Waals surface area contributed by atoms with E-state index in [0.717, 1.165) is 29.9 Å². The first-order chi connectivity index (χ1) is 7.79. The van der Waals surface area contributed by atoms with Gasteiger partial charge in [0.25, 0.3) is 0 Å². The Morgan fingerprint density at radius 3 is 2.62 bits per heavy atom. The maximum Gasteiger partial charge on any atom is 0.231 e. The topological polar surface area (TPSA) is 67.9 Å². The molecule has 0 aromatic carbocycles. The molecule has 1 fully saturated rings. The van der Waals surface area contributed by atoms with Crippen LogP contribution in [0.1, 0.15) is 26.2 Å². The van der Waals surface area contributed by atoms with Crippen molar-refractivity contribution in [3.05, 3.63) is 0 Å². The third kappa shape index (κ3) is 2.75. The minimum atomic E-state index is 0.325. The molecule has 0 aliphatic carbocycles. The molecule has 0 radical (unpaired) electrons. The summed E-state index contributed by atoms with van der Waals surface area (Å²) in [6, 6.07) is 0. The zero-order valence-corrected chi connectivity index (χ0v) is 10.3. The number of hydrogen-bond donors (Lipinski definition) is 1. The minimum absolute atomic E-state index is 0.325. The summed E-state index contributed by atoms with van der Waals surface area (Å²) in [5.74, 6) is 2.01. The molecule has 1 aromatic heterocycles. The molecule has 0 amide bonds. The smallest absolute Gasteiger partial charge is 0.231 e. The van der Waals surface area contributed by atoms with Crippen LogP contribution in [-0.4, -0.2) is 33.8 Å². The van der Waals surface area contributed by atoms with Crippen molar-refractivity contribution >= 4 is 23.7 Å². The van der Waals surface area contributed by atoms with Crippen molar-refractivity contribution in [1.29, 1.82) is 0 Å². The average Bonchev–Trinajstić information content (AvgIpc) is 2.30. The zero-order valence-electron chi connectivity index (χ0n) is 9.52. The van der Waals surface area contributed by atoms with Crippen molar-refractivity contribution < 1.29 is 0 Å². The van der Waals surface area contributed by atoms with E-state index in [9.17, 15) is 0 Å². The van der Waals surface area contributed by atoms with Crippen molar-refractivity contribution in [3.63, 3.8) is 0 Å². The summed E-state index contributed by atoms with van der Waals surface area (Å²) < 4.78 is 0. The number of aromatic nitrogens is 3. The van der Waals surface area contributed by atoms with Crippen molar-refractivity contribution in [3.8, 4) is 0 Å². The van der Waals surface area contributed by atoms with Crippen molar-refractivity contribution in [2.45, 2.75) is 31.3 Å². The van der Waals surface area contributed by atoms with Gasteiger partial charge in [0.15, 0.2) is 5.16 Å². The van der Waals surface area contributed by atoms with Crippen LogP contribution in [-0.2, 0) is 0 Å². The van der Waals surface area contributed by atoms with Crippen LogP contribution in [0.2, 0.25) is 0 Å². The molecule has 6 heteroatoms. The predicted molar refractivity (Wildman–Crippen MR) is 66.7 cm³/mol. The van der Waals surface area contributed by atoms with Crippen LogP contribution >= 0.6 is 11.8 Å². The Morgan fingerprint density at radius 2 is 1.94 bits per heavy atom. The summed E-state index contributed by atoms with van der Waals surface area (Å²) in [5, 5.41) is 0.732. The summed E-state index contributed by atoms with van der Waals surface area (Å²) in [5.41, 5.74) is 5.69. The van der Waals surface area contributed by atoms with E-state index in [0.29, 0.717) is 5.95 Å². The number of nitrogens with two attached hydrogens (primary N) is 1. The third-order valence-electron chi connectivity index (χ3n) is 2.53. The van der Waals surface area contributed by atoms with Gasteiger partial charge in [-0.3, -0.25) is 0 Å². The quantitative estimate of drug-likeness (QED) is 0.807. The van der Waals surface area contributed by atoms with Gasteiger partial charge in [-0.15, -0.1) is 0 Å². The number of anilines is 2. The summed E-state index contributed by atoms with van der Waals surface area (Å²) >= 11 is 1.60. The van der Waals surface area contributed by atoms with Gasteiger partial charge in [0.05, 0.1) is 0 Å². The maximum atomic E-state index is 5.69. The Morgan fingerprint density at radius 1 is 1.19 bits per heavy atom. The lowest BCUT2D eigenvalue weighted by molar-refractivity contribution is 0.565. The Labute approximate surface area is 99.9 Å². The lowest BCUT2D eigenvalue weighted by atomic mass is 10.1. The van der Waals surface area contributed by atoms with Crippen LogP contribution in [0.15, 0.2) is 5.16 Å². The van der Waals surface area contributed by atoms with Gasteiger partial charge in [-0.05, 0) is 25.0 Å². The molecule has 1 aliphatic rings. The Hall–Kier alpha value is -1.04. The van der Waals surface area contributed by atoms with E-state index >= 15 is 0 Å². The van der Waals surface area contributed by atoms with Gasteiger partial charge in [-0.25, -0.2) is 0 Å². The molecule has 0 bridgehead atoms. The summed E-state index contributed by atoms with van der Waals surface area (Å²) in [4.78, 5) is 14.9. The Kier molecular flexibility index (Phi) is 3.82. The largest absolute Gasteiger partial charge is 0.368 e. The van der Waals surface area contributed by atoms with Gasteiger partial charge in [-0.2, -0.15) is 15.0 Å². The first-order valence-corrected chi connectivity index (χ1v) is 6.67. The normalized spacial score (nSPS) is 16.4. The molecule has 88 valence electrons. The highest BCUT2D eigenvalue weighted by Crippen LogP contribution is 2.19. The third-order valence-corrected chi connectivity index (χ3v) is 3.26. The molecule has 2 heterocycles. The van der Waals surface area contributed by atoms with Crippen molar-refractivity contribution in [2.24, 2.45) is 0 Å². The lowest BCUT2D eigenvalue weighted by Gasteiger charge is -2.26. The van der Waals surface area contributed by atoms with Crippen LogP contribution in [0.4, 0.5) is 11.9 Å². The lowest BCUT2D eigenvalue weighted by Crippen LogP contribution is -2.31. The zero-order chi connectivity index (χ0) is 11.4.